The molecule has 1 aromatic carbocycles. The first-order valence-corrected chi connectivity index (χ1v) is 4.36. The first-order valence-electron chi connectivity index (χ1n) is 3.57. The molecule has 0 radical (unpaired) electrons. The predicted octanol–water partition coefficient (Wildman–Crippen LogP) is 2.84. The van der Waals surface area contributed by atoms with E-state index >= 15 is 0 Å². The van der Waals surface area contributed by atoms with Crippen LogP contribution in [0.1, 0.15) is 5.56 Å². The largest absolute Gasteiger partial charge is 0.573 e. The van der Waals surface area contributed by atoms with Crippen LogP contribution in [0.15, 0.2) is 22.7 Å². The lowest BCUT2D eigenvalue weighted by Crippen LogP contribution is -2.17. The van der Waals surface area contributed by atoms with Gasteiger partial charge >= 0.3 is 6.36 Å². The van der Waals surface area contributed by atoms with Crippen LogP contribution >= 0.6 is 15.9 Å². The fourth-order valence-electron chi connectivity index (χ4n) is 0.869. The molecular formula is C8H6BrF3O2. The normalized spacial score (nSPS) is 11.5. The van der Waals surface area contributed by atoms with Crippen LogP contribution in [-0.2, 0) is 6.61 Å². The maximum absolute atomic E-state index is 11.8. The zero-order chi connectivity index (χ0) is 10.8. The molecule has 1 rings (SSSR count). The Balaban J connectivity index is 2.90. The van der Waals surface area contributed by atoms with Crippen LogP contribution in [0.2, 0.25) is 0 Å². The molecule has 78 valence electrons. The number of alkyl halides is 3. The van der Waals surface area contributed by atoms with Crippen LogP contribution in [0, 0.1) is 0 Å². The van der Waals surface area contributed by atoms with E-state index in [2.05, 4.69) is 20.7 Å². The summed E-state index contributed by atoms with van der Waals surface area (Å²) < 4.78 is 39.5. The summed E-state index contributed by atoms with van der Waals surface area (Å²) in [5.41, 5.74) is 0.340. The van der Waals surface area contributed by atoms with Gasteiger partial charge in [-0.05, 0) is 23.8 Å². The molecule has 0 bridgehead atoms. The molecule has 0 aliphatic carbocycles. The van der Waals surface area contributed by atoms with Gasteiger partial charge in [0, 0.05) is 4.47 Å². The Labute approximate surface area is 86.4 Å². The Hall–Kier alpha value is -0.750. The predicted molar refractivity (Wildman–Crippen MR) is 46.7 cm³/mol. The second kappa shape index (κ2) is 4.18. The monoisotopic (exact) mass is 270 g/mol. The third-order valence-electron chi connectivity index (χ3n) is 1.42. The van der Waals surface area contributed by atoms with Gasteiger partial charge in [-0.25, -0.2) is 0 Å². The topological polar surface area (TPSA) is 29.5 Å². The van der Waals surface area contributed by atoms with Crippen molar-refractivity contribution < 1.29 is 23.0 Å². The van der Waals surface area contributed by atoms with Crippen LogP contribution in [0.25, 0.3) is 0 Å². The number of ether oxygens (including phenoxy) is 1. The molecule has 0 spiro atoms. The summed E-state index contributed by atoms with van der Waals surface area (Å²) in [5, 5.41) is 8.77. The van der Waals surface area contributed by atoms with Gasteiger partial charge in [0.1, 0.15) is 5.75 Å². The number of hydrogen-bond donors (Lipinski definition) is 1. The van der Waals surface area contributed by atoms with Crippen molar-refractivity contribution in [1.82, 2.24) is 0 Å². The smallest absolute Gasteiger partial charge is 0.406 e. The standard InChI is InChI=1S/C8H6BrF3O2/c9-7-2-1-6(3-5(7)4-13)14-8(10,11)12/h1-3,13H,4H2. The fourth-order valence-corrected chi connectivity index (χ4v) is 1.24. The summed E-state index contributed by atoms with van der Waals surface area (Å²) >= 11 is 3.07. The van der Waals surface area contributed by atoms with E-state index < -0.39 is 6.36 Å². The molecule has 0 aliphatic rings. The third kappa shape index (κ3) is 3.19. The summed E-state index contributed by atoms with van der Waals surface area (Å²) in [7, 11) is 0. The van der Waals surface area contributed by atoms with Gasteiger partial charge in [0.25, 0.3) is 0 Å². The molecule has 1 aromatic rings. The van der Waals surface area contributed by atoms with Crippen molar-refractivity contribution in [1.29, 1.82) is 0 Å². The number of aliphatic hydroxyl groups is 1. The van der Waals surface area contributed by atoms with Gasteiger partial charge in [-0.15, -0.1) is 13.2 Å². The Morgan fingerprint density at radius 3 is 2.50 bits per heavy atom. The summed E-state index contributed by atoms with van der Waals surface area (Å²) in [4.78, 5) is 0. The van der Waals surface area contributed by atoms with Gasteiger partial charge in [0.2, 0.25) is 0 Å². The minimum absolute atomic E-state index is 0.340. The SMILES string of the molecule is OCc1cc(OC(F)(F)F)ccc1Br. The van der Waals surface area contributed by atoms with Gasteiger partial charge in [-0.1, -0.05) is 15.9 Å². The average Bonchev–Trinajstić information content (AvgIpc) is 2.06. The Morgan fingerprint density at radius 2 is 2.00 bits per heavy atom. The molecule has 0 aliphatic heterocycles. The number of halogens is 4. The number of benzene rings is 1. The first-order chi connectivity index (χ1) is 6.42. The van der Waals surface area contributed by atoms with Gasteiger partial charge in [0.15, 0.2) is 0 Å². The van der Waals surface area contributed by atoms with E-state index in [4.69, 9.17) is 5.11 Å². The molecule has 0 saturated heterocycles. The molecule has 14 heavy (non-hydrogen) atoms. The zero-order valence-corrected chi connectivity index (χ0v) is 8.39. The number of hydrogen-bond acceptors (Lipinski definition) is 2. The molecular weight excluding hydrogens is 265 g/mol. The maximum Gasteiger partial charge on any atom is 0.573 e. The molecule has 0 fully saturated rings. The lowest BCUT2D eigenvalue weighted by atomic mass is 10.2. The summed E-state index contributed by atoms with van der Waals surface area (Å²) in [5.74, 6) is -0.343. The number of rotatable bonds is 2. The van der Waals surface area contributed by atoms with Crippen molar-refractivity contribution in [2.24, 2.45) is 0 Å². The highest BCUT2D eigenvalue weighted by molar-refractivity contribution is 9.10. The molecule has 0 heterocycles. The average molecular weight is 271 g/mol. The molecule has 6 heteroatoms. The van der Waals surface area contributed by atoms with E-state index in [1.807, 2.05) is 0 Å². The van der Waals surface area contributed by atoms with Gasteiger partial charge in [-0.3, -0.25) is 0 Å². The maximum atomic E-state index is 11.8. The highest BCUT2D eigenvalue weighted by Crippen LogP contribution is 2.27. The van der Waals surface area contributed by atoms with Crippen LogP contribution in [0.3, 0.4) is 0 Å². The molecule has 0 unspecified atom stereocenters. The van der Waals surface area contributed by atoms with E-state index in [0.717, 1.165) is 12.1 Å². The van der Waals surface area contributed by atoms with Crippen molar-refractivity contribution in [3.05, 3.63) is 28.2 Å². The zero-order valence-electron chi connectivity index (χ0n) is 6.81. The quantitative estimate of drug-likeness (QED) is 0.896. The van der Waals surface area contributed by atoms with E-state index in [0.29, 0.717) is 10.0 Å². The lowest BCUT2D eigenvalue weighted by molar-refractivity contribution is -0.274. The van der Waals surface area contributed by atoms with E-state index in [9.17, 15) is 13.2 Å². The minimum Gasteiger partial charge on any atom is -0.406 e. The van der Waals surface area contributed by atoms with Crippen molar-refractivity contribution >= 4 is 15.9 Å². The van der Waals surface area contributed by atoms with Crippen LogP contribution < -0.4 is 4.74 Å². The minimum atomic E-state index is -4.71. The molecule has 1 N–H and O–H groups in total. The van der Waals surface area contributed by atoms with Gasteiger partial charge in [0.05, 0.1) is 6.61 Å². The molecule has 0 atom stereocenters. The van der Waals surface area contributed by atoms with Crippen LogP contribution in [0.5, 0.6) is 5.75 Å². The molecule has 2 nitrogen and oxygen atoms in total. The van der Waals surface area contributed by atoms with Crippen LogP contribution in [0.4, 0.5) is 13.2 Å². The molecule has 0 aromatic heterocycles. The van der Waals surface area contributed by atoms with Crippen LogP contribution in [-0.4, -0.2) is 11.5 Å². The second-order valence-electron chi connectivity index (χ2n) is 2.46. The highest BCUT2D eigenvalue weighted by atomic mass is 79.9. The molecule has 0 amide bonds. The van der Waals surface area contributed by atoms with Crippen molar-refractivity contribution in [3.8, 4) is 5.75 Å². The van der Waals surface area contributed by atoms with E-state index in [1.54, 1.807) is 0 Å². The summed E-state index contributed by atoms with van der Waals surface area (Å²) in [6.45, 7) is -0.352. The van der Waals surface area contributed by atoms with Gasteiger partial charge in [-0.2, -0.15) is 0 Å². The highest BCUT2D eigenvalue weighted by Gasteiger charge is 2.31. The lowest BCUT2D eigenvalue weighted by Gasteiger charge is -2.10. The third-order valence-corrected chi connectivity index (χ3v) is 2.19. The summed E-state index contributed by atoms with van der Waals surface area (Å²) in [6.07, 6.45) is -4.71. The summed E-state index contributed by atoms with van der Waals surface area (Å²) in [6, 6.07) is 3.67. The van der Waals surface area contributed by atoms with Crippen molar-refractivity contribution in [3.63, 3.8) is 0 Å². The Kier molecular flexibility index (Phi) is 3.38. The van der Waals surface area contributed by atoms with Gasteiger partial charge < -0.3 is 9.84 Å². The molecule has 0 saturated carbocycles. The Morgan fingerprint density at radius 1 is 1.36 bits per heavy atom. The second-order valence-corrected chi connectivity index (χ2v) is 3.31. The first kappa shape index (κ1) is 11.3. The van der Waals surface area contributed by atoms with E-state index in [1.165, 1.54) is 6.07 Å². The fraction of sp³-hybridized carbons (Fsp3) is 0.250. The Bertz CT molecular complexity index is 325. The van der Waals surface area contributed by atoms with Crippen molar-refractivity contribution in [2.45, 2.75) is 13.0 Å². The number of aliphatic hydroxyl groups excluding tert-OH is 1. The van der Waals surface area contributed by atoms with Crippen molar-refractivity contribution in [2.75, 3.05) is 0 Å². The van der Waals surface area contributed by atoms with E-state index in [-0.39, 0.29) is 12.4 Å².